The van der Waals surface area contributed by atoms with E-state index in [1.165, 1.54) is 6.42 Å². The minimum Gasteiger partial charge on any atom is -0.480 e. The first-order valence-electron chi connectivity index (χ1n) is 6.65. The molecular weight excluding hydrogens is 218 g/mol. The number of hydrogen-bond donors (Lipinski definition) is 2. The number of carbonyl (C=O) groups is 1. The van der Waals surface area contributed by atoms with Crippen molar-refractivity contribution in [3.63, 3.8) is 0 Å². The molecule has 2 N–H and O–H groups in total. The normalized spacial score (nSPS) is 37.8. The number of hydrogen-bond acceptors (Lipinski definition) is 3. The van der Waals surface area contributed by atoms with Crippen LogP contribution in [-0.4, -0.2) is 36.4 Å². The van der Waals surface area contributed by atoms with Crippen molar-refractivity contribution in [1.82, 2.24) is 5.32 Å². The molecule has 2 heterocycles. The van der Waals surface area contributed by atoms with Crippen LogP contribution in [0.2, 0.25) is 0 Å². The second-order valence-corrected chi connectivity index (χ2v) is 5.84. The summed E-state index contributed by atoms with van der Waals surface area (Å²) in [5.74, 6) is 1.00. The van der Waals surface area contributed by atoms with Crippen LogP contribution in [0.5, 0.6) is 0 Å². The molecule has 0 spiro atoms. The zero-order valence-electron chi connectivity index (χ0n) is 10.7. The van der Waals surface area contributed by atoms with Crippen LogP contribution in [0.15, 0.2) is 0 Å². The predicted octanol–water partition coefficient (Wildman–Crippen LogP) is 1.50. The monoisotopic (exact) mass is 241 g/mol. The summed E-state index contributed by atoms with van der Waals surface area (Å²) in [5.41, 5.74) is 0. The van der Waals surface area contributed by atoms with E-state index in [0.717, 1.165) is 19.4 Å². The van der Waals surface area contributed by atoms with Crippen LogP contribution >= 0.6 is 0 Å². The van der Waals surface area contributed by atoms with Crippen LogP contribution in [0.1, 0.15) is 33.1 Å². The van der Waals surface area contributed by atoms with E-state index in [1.54, 1.807) is 0 Å². The van der Waals surface area contributed by atoms with Gasteiger partial charge in [-0.15, -0.1) is 0 Å². The van der Waals surface area contributed by atoms with Crippen LogP contribution in [0.4, 0.5) is 0 Å². The molecule has 2 saturated heterocycles. The Labute approximate surface area is 103 Å². The summed E-state index contributed by atoms with van der Waals surface area (Å²) in [7, 11) is 0. The molecule has 4 unspecified atom stereocenters. The molecule has 0 aromatic rings. The third-order valence-corrected chi connectivity index (χ3v) is 3.94. The van der Waals surface area contributed by atoms with Gasteiger partial charge in [0, 0.05) is 13.2 Å². The van der Waals surface area contributed by atoms with E-state index >= 15 is 0 Å². The number of rotatable bonds is 3. The molecule has 4 nitrogen and oxygen atoms in total. The van der Waals surface area contributed by atoms with E-state index < -0.39 is 12.0 Å². The number of aliphatic carboxylic acids is 1. The smallest absolute Gasteiger partial charge is 0.323 e. The Morgan fingerprint density at radius 3 is 2.94 bits per heavy atom. The fourth-order valence-electron chi connectivity index (χ4n) is 3.26. The van der Waals surface area contributed by atoms with Crippen LogP contribution in [0, 0.1) is 17.8 Å². The Kier molecular flexibility index (Phi) is 4.05. The summed E-state index contributed by atoms with van der Waals surface area (Å²) in [6.07, 6.45) is 3.30. The van der Waals surface area contributed by atoms with E-state index in [4.69, 9.17) is 9.84 Å². The van der Waals surface area contributed by atoms with Gasteiger partial charge in [-0.25, -0.2) is 0 Å². The lowest BCUT2D eigenvalue weighted by molar-refractivity contribution is -0.142. The maximum atomic E-state index is 11.1. The van der Waals surface area contributed by atoms with Gasteiger partial charge >= 0.3 is 5.97 Å². The van der Waals surface area contributed by atoms with E-state index in [1.807, 2.05) is 0 Å². The van der Waals surface area contributed by atoms with E-state index in [-0.39, 0.29) is 6.10 Å². The SMILES string of the molecule is CC(C)CC1CCOC2C(CNC2C(=O)O)C1. The summed E-state index contributed by atoms with van der Waals surface area (Å²) < 4.78 is 5.77. The largest absolute Gasteiger partial charge is 0.480 e. The summed E-state index contributed by atoms with van der Waals surface area (Å²) >= 11 is 0. The van der Waals surface area contributed by atoms with Gasteiger partial charge in [0.15, 0.2) is 0 Å². The lowest BCUT2D eigenvalue weighted by atomic mass is 9.85. The highest BCUT2D eigenvalue weighted by molar-refractivity contribution is 5.74. The predicted molar refractivity (Wildman–Crippen MR) is 64.8 cm³/mol. The van der Waals surface area contributed by atoms with Crippen molar-refractivity contribution in [1.29, 1.82) is 0 Å². The topological polar surface area (TPSA) is 58.6 Å². The van der Waals surface area contributed by atoms with Gasteiger partial charge in [0.2, 0.25) is 0 Å². The zero-order valence-corrected chi connectivity index (χ0v) is 10.7. The van der Waals surface area contributed by atoms with Crippen molar-refractivity contribution < 1.29 is 14.6 Å². The van der Waals surface area contributed by atoms with Crippen molar-refractivity contribution in [3.05, 3.63) is 0 Å². The lowest BCUT2D eigenvalue weighted by Crippen LogP contribution is -2.40. The molecule has 98 valence electrons. The third-order valence-electron chi connectivity index (χ3n) is 3.94. The molecule has 4 atom stereocenters. The van der Waals surface area contributed by atoms with Gasteiger partial charge < -0.3 is 15.2 Å². The van der Waals surface area contributed by atoms with Gasteiger partial charge in [-0.1, -0.05) is 13.8 Å². The average molecular weight is 241 g/mol. The van der Waals surface area contributed by atoms with Gasteiger partial charge in [-0.2, -0.15) is 0 Å². The minimum atomic E-state index is -0.778. The quantitative estimate of drug-likeness (QED) is 0.786. The van der Waals surface area contributed by atoms with Crippen LogP contribution in [-0.2, 0) is 9.53 Å². The zero-order chi connectivity index (χ0) is 12.4. The highest BCUT2D eigenvalue weighted by Gasteiger charge is 2.43. The first-order valence-corrected chi connectivity index (χ1v) is 6.65. The molecule has 2 aliphatic heterocycles. The third kappa shape index (κ3) is 2.99. The number of carboxylic acid groups (broad SMARTS) is 1. The molecule has 0 amide bonds. The lowest BCUT2D eigenvalue weighted by Gasteiger charge is -2.20. The van der Waals surface area contributed by atoms with Crippen LogP contribution < -0.4 is 5.32 Å². The second kappa shape index (κ2) is 5.36. The molecule has 17 heavy (non-hydrogen) atoms. The van der Waals surface area contributed by atoms with Gasteiger partial charge in [-0.05, 0) is 37.0 Å². The van der Waals surface area contributed by atoms with E-state index in [0.29, 0.717) is 24.4 Å². The first kappa shape index (κ1) is 12.8. The summed E-state index contributed by atoms with van der Waals surface area (Å²) in [6.45, 7) is 5.99. The minimum absolute atomic E-state index is 0.121. The van der Waals surface area contributed by atoms with Crippen molar-refractivity contribution in [3.8, 4) is 0 Å². The molecule has 2 aliphatic rings. The number of fused-ring (bicyclic) bond motifs is 1. The van der Waals surface area contributed by atoms with Gasteiger partial charge in [0.1, 0.15) is 6.04 Å². The molecule has 0 aromatic heterocycles. The molecule has 2 fully saturated rings. The Hall–Kier alpha value is -0.610. The highest BCUT2D eigenvalue weighted by Crippen LogP contribution is 2.33. The van der Waals surface area contributed by atoms with Crippen molar-refractivity contribution in [2.45, 2.75) is 45.3 Å². The Bertz CT molecular complexity index is 280. The molecular formula is C13H23NO3. The summed E-state index contributed by atoms with van der Waals surface area (Å²) in [5, 5.41) is 12.2. The first-order chi connectivity index (χ1) is 8.08. The van der Waals surface area contributed by atoms with E-state index in [9.17, 15) is 4.79 Å². The van der Waals surface area contributed by atoms with Crippen LogP contribution in [0.3, 0.4) is 0 Å². The fraction of sp³-hybridized carbons (Fsp3) is 0.923. The van der Waals surface area contributed by atoms with Gasteiger partial charge in [0.05, 0.1) is 6.10 Å². The Morgan fingerprint density at radius 2 is 2.29 bits per heavy atom. The van der Waals surface area contributed by atoms with Crippen molar-refractivity contribution >= 4 is 5.97 Å². The molecule has 0 saturated carbocycles. The summed E-state index contributed by atoms with van der Waals surface area (Å²) in [4.78, 5) is 11.1. The molecule has 0 aromatic carbocycles. The molecule has 0 aliphatic carbocycles. The van der Waals surface area contributed by atoms with Crippen molar-refractivity contribution in [2.24, 2.45) is 17.8 Å². The van der Waals surface area contributed by atoms with Crippen molar-refractivity contribution in [2.75, 3.05) is 13.2 Å². The second-order valence-electron chi connectivity index (χ2n) is 5.84. The maximum absolute atomic E-state index is 11.1. The van der Waals surface area contributed by atoms with Gasteiger partial charge in [-0.3, -0.25) is 4.79 Å². The Morgan fingerprint density at radius 1 is 1.53 bits per heavy atom. The number of carboxylic acids is 1. The van der Waals surface area contributed by atoms with Gasteiger partial charge in [0.25, 0.3) is 0 Å². The fourth-order valence-corrected chi connectivity index (χ4v) is 3.26. The average Bonchev–Trinajstić information content (AvgIpc) is 2.51. The van der Waals surface area contributed by atoms with Crippen LogP contribution in [0.25, 0.3) is 0 Å². The number of ether oxygens (including phenoxy) is 1. The molecule has 2 rings (SSSR count). The highest BCUT2D eigenvalue weighted by atomic mass is 16.5. The standard InChI is InChI=1S/C13H23NO3/c1-8(2)5-9-3-4-17-12-10(6-9)7-14-11(12)13(15)16/h8-12,14H,3-7H2,1-2H3,(H,15,16). The molecule has 4 heteroatoms. The molecule has 0 bridgehead atoms. The summed E-state index contributed by atoms with van der Waals surface area (Å²) in [6, 6.07) is -0.502. The number of nitrogens with one attached hydrogen (secondary N) is 1. The van der Waals surface area contributed by atoms with E-state index in [2.05, 4.69) is 19.2 Å². The maximum Gasteiger partial charge on any atom is 0.323 e. The molecule has 0 radical (unpaired) electrons. The Balaban J connectivity index is 1.97.